The molecule has 0 unspecified atom stereocenters. The molecule has 112 valence electrons. The van der Waals surface area contributed by atoms with Gasteiger partial charge in [0.15, 0.2) is 0 Å². The van der Waals surface area contributed by atoms with E-state index in [1.54, 1.807) is 4.90 Å². The molecule has 6 heteroatoms. The van der Waals surface area contributed by atoms with Gasteiger partial charge in [0, 0.05) is 19.0 Å². The molecule has 1 atom stereocenters. The van der Waals surface area contributed by atoms with Crippen molar-refractivity contribution in [1.29, 1.82) is 0 Å². The highest BCUT2D eigenvalue weighted by molar-refractivity contribution is 5.93. The third kappa shape index (κ3) is 3.71. The van der Waals surface area contributed by atoms with Gasteiger partial charge in [-0.3, -0.25) is 14.4 Å². The van der Waals surface area contributed by atoms with Crippen molar-refractivity contribution in [2.24, 2.45) is 11.8 Å². The zero-order chi connectivity index (χ0) is 14.7. The molecule has 20 heavy (non-hydrogen) atoms. The molecule has 0 aromatic carbocycles. The molecule has 0 aromatic rings. The summed E-state index contributed by atoms with van der Waals surface area (Å²) >= 11 is 0. The molecule has 0 bridgehead atoms. The molecule has 2 amide bonds. The summed E-state index contributed by atoms with van der Waals surface area (Å²) in [6, 6.07) is -0.712. The van der Waals surface area contributed by atoms with E-state index in [2.05, 4.69) is 5.32 Å². The van der Waals surface area contributed by atoms with Crippen LogP contribution in [0.3, 0.4) is 0 Å². The lowest BCUT2D eigenvalue weighted by Gasteiger charge is -2.34. The van der Waals surface area contributed by atoms with Crippen molar-refractivity contribution < 1.29 is 19.1 Å². The maximum atomic E-state index is 12.2. The van der Waals surface area contributed by atoms with E-state index in [4.69, 9.17) is 4.74 Å². The van der Waals surface area contributed by atoms with Gasteiger partial charge in [-0.25, -0.2) is 0 Å². The van der Waals surface area contributed by atoms with Crippen LogP contribution in [0.25, 0.3) is 0 Å². The Morgan fingerprint density at radius 1 is 1.40 bits per heavy atom. The molecule has 0 spiro atoms. The molecule has 0 radical (unpaired) electrons. The summed E-state index contributed by atoms with van der Waals surface area (Å²) in [5.74, 6) is -0.374. The van der Waals surface area contributed by atoms with Crippen LogP contribution < -0.4 is 5.32 Å². The van der Waals surface area contributed by atoms with E-state index < -0.39 is 12.0 Å². The Bertz CT molecular complexity index is 404. The van der Waals surface area contributed by atoms with Crippen molar-refractivity contribution in [1.82, 2.24) is 10.2 Å². The summed E-state index contributed by atoms with van der Waals surface area (Å²) in [6.07, 6.45) is 1.72. The molecular weight excluding hydrogens is 260 g/mol. The Morgan fingerprint density at radius 3 is 2.70 bits per heavy atom. The zero-order valence-electron chi connectivity index (χ0n) is 12.1. The van der Waals surface area contributed by atoms with Gasteiger partial charge in [0.05, 0.1) is 13.0 Å². The Labute approximate surface area is 118 Å². The number of rotatable bonds is 5. The first-order valence-corrected chi connectivity index (χ1v) is 7.23. The van der Waals surface area contributed by atoms with Crippen LogP contribution in [0.4, 0.5) is 0 Å². The molecule has 2 fully saturated rings. The average Bonchev–Trinajstić information content (AvgIpc) is 3.22. The minimum Gasteiger partial charge on any atom is -0.465 e. The second-order valence-electron chi connectivity index (χ2n) is 5.89. The van der Waals surface area contributed by atoms with Crippen molar-refractivity contribution in [3.05, 3.63) is 0 Å². The molecule has 2 aliphatic rings. The van der Waals surface area contributed by atoms with Crippen LogP contribution in [0.15, 0.2) is 0 Å². The first kappa shape index (κ1) is 14.8. The summed E-state index contributed by atoms with van der Waals surface area (Å²) in [6.45, 7) is 5.16. The van der Waals surface area contributed by atoms with Gasteiger partial charge in [-0.1, -0.05) is 13.8 Å². The van der Waals surface area contributed by atoms with Crippen molar-refractivity contribution in [3.63, 3.8) is 0 Å². The van der Waals surface area contributed by atoms with Gasteiger partial charge in [-0.15, -0.1) is 0 Å². The van der Waals surface area contributed by atoms with E-state index in [9.17, 15) is 14.4 Å². The van der Waals surface area contributed by atoms with Gasteiger partial charge in [-0.2, -0.15) is 0 Å². The average molecular weight is 282 g/mol. The maximum absolute atomic E-state index is 12.2. The van der Waals surface area contributed by atoms with Crippen LogP contribution in [0.1, 0.15) is 33.1 Å². The molecular formula is C14H22N2O4. The summed E-state index contributed by atoms with van der Waals surface area (Å²) in [5.41, 5.74) is 0. The second kappa shape index (κ2) is 6.24. The van der Waals surface area contributed by atoms with Crippen molar-refractivity contribution in [3.8, 4) is 0 Å². The second-order valence-corrected chi connectivity index (χ2v) is 5.89. The predicted molar refractivity (Wildman–Crippen MR) is 71.6 cm³/mol. The third-order valence-electron chi connectivity index (χ3n) is 3.48. The molecule has 1 N–H and O–H groups in total. The smallest absolute Gasteiger partial charge is 0.308 e. The number of ether oxygens (including phenoxy) is 1. The fraction of sp³-hybridized carbons (Fsp3) is 0.786. The van der Waals surface area contributed by atoms with E-state index in [1.165, 1.54) is 0 Å². The summed E-state index contributed by atoms with van der Waals surface area (Å²) < 4.78 is 5.10. The van der Waals surface area contributed by atoms with Gasteiger partial charge in [0.2, 0.25) is 11.8 Å². The number of hydrogen-bond donors (Lipinski definition) is 1. The van der Waals surface area contributed by atoms with Crippen molar-refractivity contribution >= 4 is 17.8 Å². The molecule has 0 aromatic heterocycles. The number of nitrogens with zero attached hydrogens (tertiary/aromatic N) is 1. The van der Waals surface area contributed by atoms with E-state index in [-0.39, 0.29) is 30.1 Å². The van der Waals surface area contributed by atoms with E-state index in [0.717, 1.165) is 12.8 Å². The van der Waals surface area contributed by atoms with Crippen LogP contribution in [0, 0.1) is 11.8 Å². The van der Waals surface area contributed by atoms with Crippen LogP contribution in [-0.2, 0) is 19.1 Å². The molecule has 1 saturated carbocycles. The highest BCUT2D eigenvalue weighted by Crippen LogP contribution is 2.32. The number of piperazine rings is 1. The topological polar surface area (TPSA) is 75.7 Å². The number of nitrogens with one attached hydrogen (secondary N) is 1. The summed E-state index contributed by atoms with van der Waals surface area (Å²) in [7, 11) is 0. The molecule has 2 rings (SSSR count). The monoisotopic (exact) mass is 282 g/mol. The van der Waals surface area contributed by atoms with Gasteiger partial charge >= 0.3 is 5.97 Å². The van der Waals surface area contributed by atoms with Crippen LogP contribution >= 0.6 is 0 Å². The highest BCUT2D eigenvalue weighted by Gasteiger charge is 2.41. The standard InChI is InChI=1S/C14H22N2O4/c1-9(2)8-20-12(17)7-11-13(18)15-5-6-16(11)14(19)10-3-4-10/h9-11H,3-8H2,1-2H3,(H,15,18)/t11-/m0/s1. The zero-order valence-corrected chi connectivity index (χ0v) is 12.1. The fourth-order valence-corrected chi connectivity index (χ4v) is 2.22. The normalized spacial score (nSPS) is 22.6. The van der Waals surface area contributed by atoms with Crippen molar-refractivity contribution in [2.45, 2.75) is 39.2 Å². The van der Waals surface area contributed by atoms with Gasteiger partial charge in [0.1, 0.15) is 6.04 Å². The van der Waals surface area contributed by atoms with Crippen LogP contribution in [0.5, 0.6) is 0 Å². The Balaban J connectivity index is 1.95. The lowest BCUT2D eigenvalue weighted by atomic mass is 10.1. The minimum atomic E-state index is -0.712. The summed E-state index contributed by atoms with van der Waals surface area (Å²) in [4.78, 5) is 37.4. The quantitative estimate of drug-likeness (QED) is 0.737. The van der Waals surface area contributed by atoms with Crippen LogP contribution in [-0.4, -0.2) is 48.4 Å². The van der Waals surface area contributed by atoms with E-state index >= 15 is 0 Å². The molecule has 1 saturated heterocycles. The first-order chi connectivity index (χ1) is 9.49. The molecule has 1 aliphatic carbocycles. The van der Waals surface area contributed by atoms with Crippen LogP contribution in [0.2, 0.25) is 0 Å². The minimum absolute atomic E-state index is 0.00140. The van der Waals surface area contributed by atoms with Gasteiger partial charge in [-0.05, 0) is 18.8 Å². The lowest BCUT2D eigenvalue weighted by Crippen LogP contribution is -2.58. The fourth-order valence-electron chi connectivity index (χ4n) is 2.22. The van der Waals surface area contributed by atoms with E-state index in [1.807, 2.05) is 13.8 Å². The highest BCUT2D eigenvalue weighted by atomic mass is 16.5. The van der Waals surface area contributed by atoms with Gasteiger partial charge < -0.3 is 15.0 Å². The molecule has 1 aliphatic heterocycles. The Kier molecular flexibility index (Phi) is 4.62. The number of carbonyl (C=O) groups excluding carboxylic acids is 3. The third-order valence-corrected chi connectivity index (χ3v) is 3.48. The van der Waals surface area contributed by atoms with Crippen molar-refractivity contribution in [2.75, 3.05) is 19.7 Å². The number of hydrogen-bond acceptors (Lipinski definition) is 4. The summed E-state index contributed by atoms with van der Waals surface area (Å²) in [5, 5.41) is 2.71. The predicted octanol–water partition coefficient (Wildman–Crippen LogP) is 0.313. The maximum Gasteiger partial charge on any atom is 0.308 e. The lowest BCUT2D eigenvalue weighted by molar-refractivity contribution is -0.152. The first-order valence-electron chi connectivity index (χ1n) is 7.23. The van der Waals surface area contributed by atoms with Gasteiger partial charge in [0.25, 0.3) is 0 Å². The van der Waals surface area contributed by atoms with E-state index in [0.29, 0.717) is 19.7 Å². The molecule has 6 nitrogen and oxygen atoms in total. The number of esters is 1. The number of amides is 2. The SMILES string of the molecule is CC(C)COC(=O)C[C@H]1C(=O)NCCN1C(=O)C1CC1. The Morgan fingerprint density at radius 2 is 2.10 bits per heavy atom. The molecule has 1 heterocycles. The largest absolute Gasteiger partial charge is 0.465 e. The number of carbonyl (C=O) groups is 3. The Hall–Kier alpha value is -1.59.